The summed E-state index contributed by atoms with van der Waals surface area (Å²) >= 11 is 3.64. The van der Waals surface area contributed by atoms with Gasteiger partial charge in [0.15, 0.2) is 0 Å². The topological polar surface area (TPSA) is 9.23 Å². The van der Waals surface area contributed by atoms with E-state index in [2.05, 4.69) is 22.9 Å². The summed E-state index contributed by atoms with van der Waals surface area (Å²) in [4.78, 5) is 0. The molecule has 0 heterocycles. The molecule has 1 aromatic rings. The molecule has 1 aliphatic rings. The van der Waals surface area contributed by atoms with E-state index in [9.17, 15) is 0 Å². The van der Waals surface area contributed by atoms with Crippen molar-refractivity contribution in [1.29, 1.82) is 0 Å². The van der Waals surface area contributed by atoms with Crippen LogP contribution in [-0.4, -0.2) is 11.9 Å². The van der Waals surface area contributed by atoms with Gasteiger partial charge in [-0.25, -0.2) is 0 Å². The van der Waals surface area contributed by atoms with Gasteiger partial charge in [-0.05, 0) is 42.7 Å². The zero-order chi connectivity index (χ0) is 11.4. The van der Waals surface area contributed by atoms with E-state index >= 15 is 0 Å². The second-order valence-corrected chi connectivity index (χ2v) is 5.53. The molecule has 0 bridgehead atoms. The summed E-state index contributed by atoms with van der Waals surface area (Å²) in [5.74, 6) is 1.89. The molecule has 1 nitrogen and oxygen atoms in total. The molecule has 1 unspecified atom stereocenters. The Bertz CT molecular complexity index is 321. The average molecular weight is 283 g/mol. The molecule has 1 fully saturated rings. The Kier molecular flexibility index (Phi) is 3.91. The van der Waals surface area contributed by atoms with Crippen molar-refractivity contribution >= 4 is 15.9 Å². The maximum Gasteiger partial charge on any atom is 0.119 e. The third-order valence-corrected chi connectivity index (χ3v) is 4.83. The summed E-state index contributed by atoms with van der Waals surface area (Å²) in [6.07, 6.45) is 3.93. The monoisotopic (exact) mass is 282 g/mol. The highest BCUT2D eigenvalue weighted by atomic mass is 79.9. The van der Waals surface area contributed by atoms with Gasteiger partial charge in [0.25, 0.3) is 0 Å². The summed E-state index contributed by atoms with van der Waals surface area (Å²) in [5, 5.41) is 1.09. The summed E-state index contributed by atoms with van der Waals surface area (Å²) in [6, 6.07) is 10.1. The van der Waals surface area contributed by atoms with Crippen molar-refractivity contribution in [2.45, 2.75) is 26.2 Å². The van der Waals surface area contributed by atoms with Crippen molar-refractivity contribution in [3.05, 3.63) is 30.3 Å². The largest absolute Gasteiger partial charge is 0.494 e. The molecule has 1 aliphatic carbocycles. The molecule has 0 radical (unpaired) electrons. The molecule has 1 atom stereocenters. The molecular weight excluding hydrogens is 264 g/mol. The van der Waals surface area contributed by atoms with Gasteiger partial charge in [0, 0.05) is 5.33 Å². The molecule has 0 aromatic heterocycles. The van der Waals surface area contributed by atoms with Crippen LogP contribution in [0.2, 0.25) is 0 Å². The van der Waals surface area contributed by atoms with Crippen molar-refractivity contribution < 1.29 is 4.74 Å². The molecule has 0 amide bonds. The summed E-state index contributed by atoms with van der Waals surface area (Å²) < 4.78 is 5.76. The molecule has 2 rings (SSSR count). The zero-order valence-corrected chi connectivity index (χ0v) is 11.4. The third kappa shape index (κ3) is 3.00. The molecule has 0 saturated heterocycles. The van der Waals surface area contributed by atoms with E-state index in [-0.39, 0.29) is 0 Å². The first-order valence-corrected chi connectivity index (χ1v) is 7.10. The Morgan fingerprint density at radius 2 is 2.00 bits per heavy atom. The Hall–Kier alpha value is -0.500. The van der Waals surface area contributed by atoms with Crippen LogP contribution in [0.5, 0.6) is 5.75 Å². The number of alkyl halides is 1. The number of halogens is 1. The maximum absolute atomic E-state index is 5.76. The van der Waals surface area contributed by atoms with Crippen LogP contribution in [0.25, 0.3) is 0 Å². The number of hydrogen-bond donors (Lipinski definition) is 0. The lowest BCUT2D eigenvalue weighted by Crippen LogP contribution is -2.24. The lowest BCUT2D eigenvalue weighted by atomic mass is 9.84. The highest BCUT2D eigenvalue weighted by Crippen LogP contribution is 2.48. The van der Waals surface area contributed by atoms with Crippen LogP contribution >= 0.6 is 15.9 Å². The first-order valence-electron chi connectivity index (χ1n) is 5.98. The molecule has 0 spiro atoms. The maximum atomic E-state index is 5.76. The number of ether oxygens (including phenoxy) is 1. The molecule has 88 valence electrons. The van der Waals surface area contributed by atoms with Gasteiger partial charge in [-0.15, -0.1) is 0 Å². The van der Waals surface area contributed by atoms with Crippen LogP contribution in [0, 0.1) is 11.3 Å². The predicted octanol–water partition coefficient (Wildman–Crippen LogP) is 4.27. The minimum Gasteiger partial charge on any atom is -0.494 e. The van der Waals surface area contributed by atoms with E-state index in [1.54, 1.807) is 0 Å². The van der Waals surface area contributed by atoms with E-state index in [4.69, 9.17) is 4.74 Å². The Labute approximate surface area is 106 Å². The van der Waals surface area contributed by atoms with Gasteiger partial charge in [-0.3, -0.25) is 0 Å². The van der Waals surface area contributed by atoms with Crippen molar-refractivity contribution in [2.75, 3.05) is 11.9 Å². The highest BCUT2D eigenvalue weighted by molar-refractivity contribution is 9.09. The van der Waals surface area contributed by atoms with Gasteiger partial charge >= 0.3 is 0 Å². The van der Waals surface area contributed by atoms with Crippen LogP contribution < -0.4 is 4.74 Å². The van der Waals surface area contributed by atoms with Crippen LogP contribution in [0.3, 0.4) is 0 Å². The first kappa shape index (κ1) is 12.0. The van der Waals surface area contributed by atoms with Gasteiger partial charge in [0.05, 0.1) is 6.61 Å². The summed E-state index contributed by atoms with van der Waals surface area (Å²) in [7, 11) is 0. The number of rotatable bonds is 6. The van der Waals surface area contributed by atoms with Crippen LogP contribution in [0.15, 0.2) is 30.3 Å². The van der Waals surface area contributed by atoms with Crippen molar-refractivity contribution in [1.82, 2.24) is 0 Å². The van der Waals surface area contributed by atoms with Gasteiger partial charge in [0.1, 0.15) is 5.75 Å². The van der Waals surface area contributed by atoms with Crippen molar-refractivity contribution in [3.8, 4) is 5.75 Å². The van der Waals surface area contributed by atoms with Gasteiger partial charge in [0.2, 0.25) is 0 Å². The zero-order valence-electron chi connectivity index (χ0n) is 9.79. The quantitative estimate of drug-likeness (QED) is 0.708. The number of hydrogen-bond acceptors (Lipinski definition) is 1. The third-order valence-electron chi connectivity index (χ3n) is 3.55. The molecule has 0 N–H and O–H groups in total. The highest BCUT2D eigenvalue weighted by Gasteiger charge is 2.40. The Morgan fingerprint density at radius 3 is 2.56 bits per heavy atom. The molecular formula is C14H19BrO. The SMILES string of the molecule is CC(CBr)(CCOc1ccccc1)C1CC1. The standard InChI is InChI=1S/C14H19BrO/c1-14(11-15,12-7-8-12)9-10-16-13-5-3-2-4-6-13/h2-6,12H,7-11H2,1H3. The van der Waals surface area contributed by atoms with Gasteiger partial charge in [-0.2, -0.15) is 0 Å². The average Bonchev–Trinajstić information content (AvgIpc) is 3.14. The van der Waals surface area contributed by atoms with E-state index in [1.807, 2.05) is 30.3 Å². The van der Waals surface area contributed by atoms with E-state index in [1.165, 1.54) is 12.8 Å². The normalized spacial score (nSPS) is 19.1. The van der Waals surface area contributed by atoms with Crippen LogP contribution in [0.1, 0.15) is 26.2 Å². The summed E-state index contributed by atoms with van der Waals surface area (Å²) in [5.41, 5.74) is 0.425. The molecule has 16 heavy (non-hydrogen) atoms. The lowest BCUT2D eigenvalue weighted by Gasteiger charge is -2.27. The fourth-order valence-electron chi connectivity index (χ4n) is 2.08. The first-order chi connectivity index (χ1) is 7.74. The van der Waals surface area contributed by atoms with Gasteiger partial charge in [-0.1, -0.05) is 41.1 Å². The number of benzene rings is 1. The van der Waals surface area contributed by atoms with Crippen molar-refractivity contribution in [2.24, 2.45) is 11.3 Å². The summed E-state index contributed by atoms with van der Waals surface area (Å²) in [6.45, 7) is 3.19. The number of para-hydroxylation sites is 1. The molecule has 2 heteroatoms. The second-order valence-electron chi connectivity index (χ2n) is 4.97. The Balaban J connectivity index is 1.79. The van der Waals surface area contributed by atoms with Gasteiger partial charge < -0.3 is 4.74 Å². The van der Waals surface area contributed by atoms with Crippen molar-refractivity contribution in [3.63, 3.8) is 0 Å². The molecule has 1 saturated carbocycles. The van der Waals surface area contributed by atoms with Crippen LogP contribution in [0.4, 0.5) is 0 Å². The van der Waals surface area contributed by atoms with Crippen LogP contribution in [-0.2, 0) is 0 Å². The van der Waals surface area contributed by atoms with E-state index in [0.717, 1.165) is 30.0 Å². The van der Waals surface area contributed by atoms with E-state index in [0.29, 0.717) is 5.41 Å². The minimum absolute atomic E-state index is 0.425. The predicted molar refractivity (Wildman–Crippen MR) is 71.2 cm³/mol. The smallest absolute Gasteiger partial charge is 0.119 e. The Morgan fingerprint density at radius 1 is 1.31 bits per heavy atom. The second kappa shape index (κ2) is 5.22. The fraction of sp³-hybridized carbons (Fsp3) is 0.571. The minimum atomic E-state index is 0.425. The lowest BCUT2D eigenvalue weighted by molar-refractivity contribution is 0.210. The fourth-order valence-corrected chi connectivity index (χ4v) is 2.82. The molecule has 0 aliphatic heterocycles. The molecule has 1 aromatic carbocycles. The van der Waals surface area contributed by atoms with E-state index < -0.39 is 0 Å².